The number of aliphatic hydroxyl groups is 1. The molecule has 19 heavy (non-hydrogen) atoms. The molecule has 2 aromatic rings. The average Bonchev–Trinajstić information content (AvgIpc) is 2.41. The molecule has 1 unspecified atom stereocenters. The number of methoxy groups -OCH3 is 1. The van der Waals surface area contributed by atoms with E-state index in [9.17, 15) is 5.11 Å². The first-order chi connectivity index (χ1) is 9.02. The Kier molecular flexibility index (Phi) is 4.58. The van der Waals surface area contributed by atoms with Crippen molar-refractivity contribution in [2.45, 2.75) is 6.10 Å². The summed E-state index contributed by atoms with van der Waals surface area (Å²) in [6, 6.07) is 10.1. The molecule has 0 aliphatic heterocycles. The SMILES string of the molecule is COc1cc(C(O)c2ccc(Cl)c(Cl)c2)ccc1Cl. The number of hydrogen-bond donors (Lipinski definition) is 1. The quantitative estimate of drug-likeness (QED) is 0.886. The summed E-state index contributed by atoms with van der Waals surface area (Å²) in [7, 11) is 1.52. The van der Waals surface area contributed by atoms with E-state index in [2.05, 4.69) is 0 Å². The van der Waals surface area contributed by atoms with Crippen molar-refractivity contribution in [2.75, 3.05) is 7.11 Å². The predicted octanol–water partition coefficient (Wildman–Crippen LogP) is 4.74. The van der Waals surface area contributed by atoms with Gasteiger partial charge in [-0.2, -0.15) is 0 Å². The lowest BCUT2D eigenvalue weighted by Crippen LogP contribution is -2.00. The molecule has 1 N–H and O–H groups in total. The third kappa shape index (κ3) is 3.15. The van der Waals surface area contributed by atoms with Crippen LogP contribution in [0.4, 0.5) is 0 Å². The monoisotopic (exact) mass is 316 g/mol. The molecule has 100 valence electrons. The lowest BCUT2D eigenvalue weighted by atomic mass is 10.0. The smallest absolute Gasteiger partial charge is 0.137 e. The molecule has 0 amide bonds. The number of ether oxygens (including phenoxy) is 1. The molecule has 2 nitrogen and oxygen atoms in total. The Morgan fingerprint density at radius 1 is 0.895 bits per heavy atom. The van der Waals surface area contributed by atoms with Gasteiger partial charge < -0.3 is 9.84 Å². The van der Waals surface area contributed by atoms with E-state index in [4.69, 9.17) is 39.5 Å². The summed E-state index contributed by atoms with van der Waals surface area (Å²) in [6.45, 7) is 0. The number of halogens is 3. The lowest BCUT2D eigenvalue weighted by Gasteiger charge is -2.14. The van der Waals surface area contributed by atoms with Crippen LogP contribution in [0.2, 0.25) is 15.1 Å². The molecule has 0 fully saturated rings. The third-order valence-corrected chi connectivity index (χ3v) is 3.80. The van der Waals surface area contributed by atoms with Crippen molar-refractivity contribution < 1.29 is 9.84 Å². The highest BCUT2D eigenvalue weighted by Gasteiger charge is 2.14. The first kappa shape index (κ1) is 14.5. The van der Waals surface area contributed by atoms with Gasteiger partial charge in [0.1, 0.15) is 11.9 Å². The number of rotatable bonds is 3. The molecule has 0 aliphatic carbocycles. The molecule has 0 bridgehead atoms. The highest BCUT2D eigenvalue weighted by Crippen LogP contribution is 2.32. The van der Waals surface area contributed by atoms with E-state index in [1.807, 2.05) is 0 Å². The normalized spacial score (nSPS) is 12.3. The minimum atomic E-state index is -0.819. The van der Waals surface area contributed by atoms with Crippen molar-refractivity contribution in [3.05, 3.63) is 62.6 Å². The lowest BCUT2D eigenvalue weighted by molar-refractivity contribution is 0.220. The van der Waals surface area contributed by atoms with E-state index >= 15 is 0 Å². The van der Waals surface area contributed by atoms with Gasteiger partial charge in [-0.25, -0.2) is 0 Å². The van der Waals surface area contributed by atoms with Gasteiger partial charge in [-0.15, -0.1) is 0 Å². The van der Waals surface area contributed by atoms with Crippen molar-refractivity contribution in [3.63, 3.8) is 0 Å². The van der Waals surface area contributed by atoms with Crippen molar-refractivity contribution in [1.82, 2.24) is 0 Å². The Morgan fingerprint density at radius 3 is 2.05 bits per heavy atom. The fourth-order valence-electron chi connectivity index (χ4n) is 1.72. The van der Waals surface area contributed by atoms with E-state index in [1.165, 1.54) is 7.11 Å². The van der Waals surface area contributed by atoms with Gasteiger partial charge >= 0.3 is 0 Å². The average molecular weight is 318 g/mol. The van der Waals surface area contributed by atoms with Gasteiger partial charge in [-0.05, 0) is 35.4 Å². The molecule has 0 aliphatic rings. The van der Waals surface area contributed by atoms with Crippen LogP contribution in [-0.4, -0.2) is 12.2 Å². The third-order valence-electron chi connectivity index (χ3n) is 2.75. The molecule has 0 radical (unpaired) electrons. The second-order valence-electron chi connectivity index (χ2n) is 3.97. The Labute approximate surface area is 126 Å². The molecule has 0 saturated heterocycles. The van der Waals surface area contributed by atoms with Crippen molar-refractivity contribution in [2.24, 2.45) is 0 Å². The van der Waals surface area contributed by atoms with E-state index < -0.39 is 6.10 Å². The van der Waals surface area contributed by atoms with Crippen LogP contribution < -0.4 is 4.74 Å². The fraction of sp³-hybridized carbons (Fsp3) is 0.143. The maximum atomic E-state index is 10.3. The Balaban J connectivity index is 2.37. The zero-order valence-corrected chi connectivity index (χ0v) is 12.3. The molecular formula is C14H11Cl3O2. The standard InChI is InChI=1S/C14H11Cl3O2/c1-19-13-7-9(3-5-11(13)16)14(18)8-2-4-10(15)12(17)6-8/h2-7,14,18H,1H3. The topological polar surface area (TPSA) is 29.5 Å². The summed E-state index contributed by atoms with van der Waals surface area (Å²) in [5.41, 5.74) is 1.32. The van der Waals surface area contributed by atoms with Crippen molar-refractivity contribution in [1.29, 1.82) is 0 Å². The molecule has 0 heterocycles. The predicted molar refractivity (Wildman–Crippen MR) is 78.5 cm³/mol. The highest BCUT2D eigenvalue weighted by molar-refractivity contribution is 6.42. The van der Waals surface area contributed by atoms with E-state index in [0.717, 1.165) is 0 Å². The molecule has 2 aromatic carbocycles. The molecule has 0 aromatic heterocycles. The summed E-state index contributed by atoms with van der Waals surface area (Å²) in [5.74, 6) is 0.512. The Hall–Kier alpha value is -0.930. The van der Waals surface area contributed by atoms with Crippen molar-refractivity contribution in [3.8, 4) is 5.75 Å². The molecule has 2 rings (SSSR count). The second-order valence-corrected chi connectivity index (χ2v) is 5.19. The summed E-state index contributed by atoms with van der Waals surface area (Å²) < 4.78 is 5.12. The van der Waals surface area contributed by atoms with Crippen LogP contribution in [0.25, 0.3) is 0 Å². The summed E-state index contributed by atoms with van der Waals surface area (Å²) in [4.78, 5) is 0. The van der Waals surface area contributed by atoms with E-state index in [-0.39, 0.29) is 0 Å². The minimum absolute atomic E-state index is 0.402. The van der Waals surface area contributed by atoms with Crippen molar-refractivity contribution >= 4 is 34.8 Å². The number of hydrogen-bond acceptors (Lipinski definition) is 2. The van der Waals surface area contributed by atoms with Crippen LogP contribution >= 0.6 is 34.8 Å². The summed E-state index contributed by atoms with van der Waals surface area (Å²) in [5, 5.41) is 11.7. The number of benzene rings is 2. The minimum Gasteiger partial charge on any atom is -0.495 e. The molecule has 0 spiro atoms. The number of aliphatic hydroxyl groups excluding tert-OH is 1. The fourth-order valence-corrected chi connectivity index (χ4v) is 2.22. The van der Waals surface area contributed by atoms with Gasteiger partial charge in [-0.1, -0.05) is 46.9 Å². The van der Waals surface area contributed by atoms with Gasteiger partial charge in [0.15, 0.2) is 0 Å². The molecule has 0 saturated carbocycles. The Morgan fingerprint density at radius 2 is 1.47 bits per heavy atom. The van der Waals surface area contributed by atoms with Crippen LogP contribution in [-0.2, 0) is 0 Å². The van der Waals surface area contributed by atoms with E-state index in [1.54, 1.807) is 36.4 Å². The highest BCUT2D eigenvalue weighted by atomic mass is 35.5. The zero-order chi connectivity index (χ0) is 14.0. The molecular weight excluding hydrogens is 307 g/mol. The van der Waals surface area contributed by atoms with Gasteiger partial charge in [0.25, 0.3) is 0 Å². The maximum absolute atomic E-state index is 10.3. The molecule has 5 heteroatoms. The van der Waals surface area contributed by atoms with Crippen LogP contribution in [0.3, 0.4) is 0 Å². The van der Waals surface area contributed by atoms with Gasteiger partial charge in [-0.3, -0.25) is 0 Å². The van der Waals surface area contributed by atoms with Gasteiger partial charge in [0.05, 0.1) is 22.2 Å². The second kappa shape index (κ2) is 6.02. The van der Waals surface area contributed by atoms with Gasteiger partial charge in [0.2, 0.25) is 0 Å². The summed E-state index contributed by atoms with van der Waals surface area (Å²) in [6.07, 6.45) is -0.819. The first-order valence-corrected chi connectivity index (χ1v) is 6.62. The van der Waals surface area contributed by atoms with Crippen LogP contribution in [0, 0.1) is 0 Å². The maximum Gasteiger partial charge on any atom is 0.137 e. The Bertz CT molecular complexity index is 599. The first-order valence-electron chi connectivity index (χ1n) is 5.49. The van der Waals surface area contributed by atoms with Gasteiger partial charge in [0, 0.05) is 0 Å². The van der Waals surface area contributed by atoms with Crippen LogP contribution in [0.15, 0.2) is 36.4 Å². The largest absolute Gasteiger partial charge is 0.495 e. The van der Waals surface area contributed by atoms with Crippen LogP contribution in [0.5, 0.6) is 5.75 Å². The van der Waals surface area contributed by atoms with Crippen LogP contribution in [0.1, 0.15) is 17.2 Å². The molecule has 1 atom stereocenters. The zero-order valence-electron chi connectivity index (χ0n) is 10.0. The summed E-state index contributed by atoms with van der Waals surface area (Å²) >= 11 is 17.7. The van der Waals surface area contributed by atoms with E-state index in [0.29, 0.717) is 31.9 Å².